The van der Waals surface area contributed by atoms with Gasteiger partial charge in [-0.3, -0.25) is 4.98 Å². The van der Waals surface area contributed by atoms with Gasteiger partial charge in [-0.25, -0.2) is 0 Å². The third kappa shape index (κ3) is 3.86. The number of hydrogen-bond donors (Lipinski definition) is 3. The number of nitrogens with one attached hydrogen (secondary N) is 1. The Morgan fingerprint density at radius 3 is 3.20 bits per heavy atom. The third-order valence-corrected chi connectivity index (χ3v) is 4.84. The van der Waals surface area contributed by atoms with E-state index in [-0.39, 0.29) is 5.84 Å². The summed E-state index contributed by atoms with van der Waals surface area (Å²) in [5.41, 5.74) is 7.17. The smallest absolute Gasteiger partial charge is 0.189 e. The quantitative estimate of drug-likeness (QED) is 0.323. The summed E-state index contributed by atoms with van der Waals surface area (Å²) >= 11 is 2.05. The summed E-state index contributed by atoms with van der Waals surface area (Å²) in [6.07, 6.45) is 5.38. The first-order valence-electron chi connectivity index (χ1n) is 7.01. The molecule has 0 spiro atoms. The molecule has 2 rings (SSSR count). The van der Waals surface area contributed by atoms with Gasteiger partial charge in [0.2, 0.25) is 0 Å². The second kappa shape index (κ2) is 7.50. The molecule has 0 aliphatic heterocycles. The first-order chi connectivity index (χ1) is 9.74. The van der Waals surface area contributed by atoms with Crippen molar-refractivity contribution in [2.24, 2.45) is 10.9 Å². The summed E-state index contributed by atoms with van der Waals surface area (Å²) in [5, 5.41) is 16.2. The number of thioether (sulfide) groups is 1. The molecular weight excluding hydrogens is 272 g/mol. The summed E-state index contributed by atoms with van der Waals surface area (Å²) in [6, 6.07) is 4.38. The van der Waals surface area contributed by atoms with E-state index >= 15 is 0 Å². The molecule has 110 valence electrons. The van der Waals surface area contributed by atoms with E-state index in [2.05, 4.69) is 34.1 Å². The van der Waals surface area contributed by atoms with Crippen molar-refractivity contribution < 1.29 is 5.21 Å². The maximum atomic E-state index is 8.79. The second-order valence-corrected chi connectivity index (χ2v) is 6.54. The molecule has 1 aromatic rings. The lowest BCUT2D eigenvalue weighted by Gasteiger charge is -2.14. The van der Waals surface area contributed by atoms with Gasteiger partial charge in [0.25, 0.3) is 0 Å². The number of aromatic nitrogens is 1. The normalized spacial score (nSPS) is 23.1. The van der Waals surface area contributed by atoms with Crippen LogP contribution in [0.1, 0.15) is 37.4 Å². The number of pyridine rings is 1. The first-order valence-corrected chi connectivity index (χ1v) is 8.06. The number of nitrogens with two attached hydrogens (primary N) is 1. The van der Waals surface area contributed by atoms with Gasteiger partial charge in [-0.1, -0.05) is 18.1 Å². The van der Waals surface area contributed by atoms with E-state index in [1.54, 1.807) is 6.20 Å². The average molecular weight is 294 g/mol. The SMILES string of the molecule is CCSC1CCC(NCc2cccnc2/C(N)=N/O)C1. The monoisotopic (exact) mass is 294 g/mol. The number of amidine groups is 1. The van der Waals surface area contributed by atoms with Crippen LogP contribution < -0.4 is 11.1 Å². The van der Waals surface area contributed by atoms with Crippen LogP contribution in [0.5, 0.6) is 0 Å². The predicted molar refractivity (Wildman–Crippen MR) is 83.1 cm³/mol. The van der Waals surface area contributed by atoms with Gasteiger partial charge in [-0.15, -0.1) is 0 Å². The molecule has 5 nitrogen and oxygen atoms in total. The highest BCUT2D eigenvalue weighted by Crippen LogP contribution is 2.29. The molecule has 1 aliphatic rings. The van der Waals surface area contributed by atoms with Crippen molar-refractivity contribution in [1.82, 2.24) is 10.3 Å². The van der Waals surface area contributed by atoms with Crippen LogP contribution in [0.4, 0.5) is 0 Å². The van der Waals surface area contributed by atoms with Crippen LogP contribution in [-0.2, 0) is 6.54 Å². The molecule has 0 saturated heterocycles. The van der Waals surface area contributed by atoms with E-state index in [4.69, 9.17) is 10.9 Å². The van der Waals surface area contributed by atoms with Crippen LogP contribution in [0.3, 0.4) is 0 Å². The highest BCUT2D eigenvalue weighted by molar-refractivity contribution is 7.99. The van der Waals surface area contributed by atoms with Crippen molar-refractivity contribution >= 4 is 17.6 Å². The Kier molecular flexibility index (Phi) is 5.67. The minimum Gasteiger partial charge on any atom is -0.409 e. The lowest BCUT2D eigenvalue weighted by Crippen LogP contribution is -2.28. The van der Waals surface area contributed by atoms with E-state index in [9.17, 15) is 0 Å². The van der Waals surface area contributed by atoms with Crippen LogP contribution in [0.2, 0.25) is 0 Å². The Balaban J connectivity index is 1.92. The van der Waals surface area contributed by atoms with E-state index in [0.717, 1.165) is 10.8 Å². The van der Waals surface area contributed by atoms with Gasteiger partial charge in [-0.2, -0.15) is 11.8 Å². The molecule has 0 radical (unpaired) electrons. The Bertz CT molecular complexity index is 466. The number of rotatable bonds is 6. The first kappa shape index (κ1) is 15.1. The average Bonchev–Trinajstić information content (AvgIpc) is 2.93. The summed E-state index contributed by atoms with van der Waals surface area (Å²) in [5.74, 6) is 1.25. The molecule has 2 unspecified atom stereocenters. The molecule has 6 heteroatoms. The Hall–Kier alpha value is -1.27. The highest BCUT2D eigenvalue weighted by Gasteiger charge is 2.24. The number of hydrogen-bond acceptors (Lipinski definition) is 5. The molecule has 0 bridgehead atoms. The van der Waals surface area contributed by atoms with Crippen molar-refractivity contribution in [1.29, 1.82) is 0 Å². The Morgan fingerprint density at radius 1 is 1.60 bits per heavy atom. The van der Waals surface area contributed by atoms with Crippen LogP contribution in [-0.4, -0.2) is 33.1 Å². The summed E-state index contributed by atoms with van der Waals surface area (Å²) in [6.45, 7) is 2.91. The van der Waals surface area contributed by atoms with Crippen LogP contribution in [0.25, 0.3) is 0 Å². The van der Waals surface area contributed by atoms with Gasteiger partial charge in [0.15, 0.2) is 5.84 Å². The fourth-order valence-corrected chi connectivity index (χ4v) is 3.77. The van der Waals surface area contributed by atoms with Gasteiger partial charge >= 0.3 is 0 Å². The van der Waals surface area contributed by atoms with Gasteiger partial charge in [0.05, 0.1) is 0 Å². The molecule has 1 aromatic heterocycles. The maximum Gasteiger partial charge on any atom is 0.189 e. The van der Waals surface area contributed by atoms with Crippen molar-refractivity contribution in [3.8, 4) is 0 Å². The van der Waals surface area contributed by atoms with E-state index < -0.39 is 0 Å². The molecule has 4 N–H and O–H groups in total. The third-order valence-electron chi connectivity index (χ3n) is 3.61. The lowest BCUT2D eigenvalue weighted by molar-refractivity contribution is 0.318. The van der Waals surface area contributed by atoms with Crippen molar-refractivity contribution in [3.05, 3.63) is 29.6 Å². The molecule has 1 fully saturated rings. The molecular formula is C14H22N4OS. The minimum absolute atomic E-state index is 0.0632. The van der Waals surface area contributed by atoms with Crippen molar-refractivity contribution in [2.45, 2.75) is 44.0 Å². The van der Waals surface area contributed by atoms with Gasteiger partial charge in [0.1, 0.15) is 5.69 Å². The lowest BCUT2D eigenvalue weighted by atomic mass is 10.1. The fraction of sp³-hybridized carbons (Fsp3) is 0.571. The molecule has 0 amide bonds. The second-order valence-electron chi connectivity index (χ2n) is 4.96. The van der Waals surface area contributed by atoms with Crippen LogP contribution in [0, 0.1) is 0 Å². The fourth-order valence-electron chi connectivity index (χ4n) is 2.63. The largest absolute Gasteiger partial charge is 0.409 e. The predicted octanol–water partition coefficient (Wildman–Crippen LogP) is 1.94. The van der Waals surface area contributed by atoms with Crippen molar-refractivity contribution in [2.75, 3.05) is 5.75 Å². The molecule has 2 atom stereocenters. The van der Waals surface area contributed by atoms with Gasteiger partial charge in [0, 0.05) is 24.0 Å². The molecule has 1 heterocycles. The zero-order valence-electron chi connectivity index (χ0n) is 11.7. The molecule has 1 aliphatic carbocycles. The van der Waals surface area contributed by atoms with E-state index in [0.29, 0.717) is 18.3 Å². The topological polar surface area (TPSA) is 83.5 Å². The number of oxime groups is 1. The van der Waals surface area contributed by atoms with Crippen LogP contribution in [0.15, 0.2) is 23.5 Å². The summed E-state index contributed by atoms with van der Waals surface area (Å²) in [7, 11) is 0. The molecule has 0 aromatic carbocycles. The van der Waals surface area contributed by atoms with Crippen LogP contribution >= 0.6 is 11.8 Å². The molecule has 1 saturated carbocycles. The zero-order valence-corrected chi connectivity index (χ0v) is 12.6. The van der Waals surface area contributed by atoms with Crippen molar-refractivity contribution in [3.63, 3.8) is 0 Å². The Labute approximate surface area is 124 Å². The van der Waals surface area contributed by atoms with E-state index in [1.165, 1.54) is 25.0 Å². The zero-order chi connectivity index (χ0) is 14.4. The number of nitrogens with zero attached hydrogens (tertiary/aromatic N) is 2. The molecule has 20 heavy (non-hydrogen) atoms. The summed E-state index contributed by atoms with van der Waals surface area (Å²) < 4.78 is 0. The standard InChI is InChI=1S/C14H22N4OS/c1-2-20-12-6-5-11(8-12)17-9-10-4-3-7-16-13(10)14(15)18-19/h3-4,7,11-12,17,19H,2,5-6,8-9H2,1H3,(H2,15,18). The minimum atomic E-state index is 0.0632. The highest BCUT2D eigenvalue weighted by atomic mass is 32.2. The van der Waals surface area contributed by atoms with E-state index in [1.807, 2.05) is 12.1 Å². The Morgan fingerprint density at radius 2 is 2.45 bits per heavy atom. The van der Waals surface area contributed by atoms with Gasteiger partial charge < -0.3 is 16.3 Å². The van der Waals surface area contributed by atoms with Gasteiger partial charge in [-0.05, 0) is 36.6 Å². The summed E-state index contributed by atoms with van der Waals surface area (Å²) in [4.78, 5) is 4.18. The maximum absolute atomic E-state index is 8.79.